The fourth-order valence-corrected chi connectivity index (χ4v) is 4.23. The quantitative estimate of drug-likeness (QED) is 0.165. The van der Waals surface area contributed by atoms with E-state index in [-0.39, 0.29) is 28.2 Å². The minimum atomic E-state index is -0.580. The molecule has 0 radical (unpaired) electrons. The van der Waals surface area contributed by atoms with Crippen molar-refractivity contribution in [3.63, 3.8) is 0 Å². The molecular weight excluding hydrogens is 472 g/mol. The molecule has 0 bridgehead atoms. The van der Waals surface area contributed by atoms with Crippen molar-refractivity contribution in [3.05, 3.63) is 128 Å². The van der Waals surface area contributed by atoms with E-state index in [1.807, 2.05) is 24.3 Å². The van der Waals surface area contributed by atoms with Gasteiger partial charge in [-0.1, -0.05) is 36.4 Å². The molecule has 0 aliphatic heterocycles. The van der Waals surface area contributed by atoms with Crippen LogP contribution in [0, 0.1) is 10.1 Å². The molecule has 0 N–H and O–H groups in total. The monoisotopic (exact) mass is 488 g/mol. The molecule has 0 aliphatic carbocycles. The molecule has 0 fully saturated rings. The van der Waals surface area contributed by atoms with Crippen LogP contribution < -0.4 is 11.3 Å². The molecule has 8 heteroatoms. The van der Waals surface area contributed by atoms with Gasteiger partial charge in [-0.25, -0.2) is 14.6 Å². The average Bonchev–Trinajstić information content (AvgIpc) is 2.92. The van der Waals surface area contributed by atoms with Crippen molar-refractivity contribution >= 4 is 27.6 Å². The van der Waals surface area contributed by atoms with E-state index in [2.05, 4.69) is 4.98 Å². The van der Waals surface area contributed by atoms with Gasteiger partial charge in [-0.15, -0.1) is 0 Å². The molecule has 8 nitrogen and oxygen atoms in total. The first-order valence-corrected chi connectivity index (χ1v) is 11.3. The average molecular weight is 488 g/mol. The number of fused-ring (bicyclic) bond motifs is 2. The van der Waals surface area contributed by atoms with Crippen LogP contribution in [0.3, 0.4) is 0 Å². The highest BCUT2D eigenvalue weighted by molar-refractivity contribution is 5.85. The maximum Gasteiger partial charge on any atom is 0.345 e. The summed E-state index contributed by atoms with van der Waals surface area (Å²) in [5.41, 5.74) is 1.94. The molecule has 178 valence electrons. The Balaban J connectivity index is 1.61. The Morgan fingerprint density at radius 1 is 0.622 bits per heavy atom. The number of hydrogen-bond acceptors (Lipinski definition) is 7. The number of nitrogens with zero attached hydrogens (tertiary/aromatic N) is 2. The van der Waals surface area contributed by atoms with Crippen molar-refractivity contribution in [1.29, 1.82) is 0 Å². The van der Waals surface area contributed by atoms with Crippen LogP contribution in [0.25, 0.3) is 55.6 Å². The number of benzene rings is 3. The Morgan fingerprint density at radius 2 is 1.11 bits per heavy atom. The van der Waals surface area contributed by atoms with Gasteiger partial charge in [0.15, 0.2) is 0 Å². The van der Waals surface area contributed by atoms with Crippen molar-refractivity contribution in [3.8, 4) is 33.6 Å². The summed E-state index contributed by atoms with van der Waals surface area (Å²) in [6.07, 6.45) is 0. The first-order chi connectivity index (χ1) is 18.0. The number of para-hydroxylation sites is 2. The minimum absolute atomic E-state index is 0.0522. The van der Waals surface area contributed by atoms with Gasteiger partial charge >= 0.3 is 11.3 Å². The Kier molecular flexibility index (Phi) is 5.19. The zero-order valence-electron chi connectivity index (χ0n) is 19.1. The molecule has 0 saturated carbocycles. The van der Waals surface area contributed by atoms with E-state index in [4.69, 9.17) is 8.83 Å². The van der Waals surface area contributed by atoms with E-state index < -0.39 is 16.2 Å². The highest BCUT2D eigenvalue weighted by atomic mass is 16.6. The summed E-state index contributed by atoms with van der Waals surface area (Å²) in [6, 6.07) is 27.0. The number of nitro benzene ring substituents is 1. The lowest BCUT2D eigenvalue weighted by Crippen LogP contribution is -2.07. The van der Waals surface area contributed by atoms with Gasteiger partial charge in [0.25, 0.3) is 5.69 Å². The molecule has 3 heterocycles. The van der Waals surface area contributed by atoms with Gasteiger partial charge in [0.2, 0.25) is 0 Å². The normalized spacial score (nSPS) is 11.1. The topological polar surface area (TPSA) is 116 Å². The molecule has 0 atom stereocenters. The number of nitro groups is 1. The summed E-state index contributed by atoms with van der Waals surface area (Å²) in [6.45, 7) is 0. The van der Waals surface area contributed by atoms with Crippen molar-refractivity contribution in [2.45, 2.75) is 0 Å². The van der Waals surface area contributed by atoms with E-state index in [1.54, 1.807) is 60.7 Å². The molecule has 6 aromatic rings. The summed E-state index contributed by atoms with van der Waals surface area (Å²) in [5, 5.41) is 12.5. The van der Waals surface area contributed by atoms with E-state index in [0.29, 0.717) is 33.1 Å². The van der Waals surface area contributed by atoms with Gasteiger partial charge in [-0.3, -0.25) is 10.1 Å². The van der Waals surface area contributed by atoms with Crippen LogP contribution >= 0.6 is 0 Å². The largest absolute Gasteiger partial charge is 0.422 e. The summed E-state index contributed by atoms with van der Waals surface area (Å²) < 4.78 is 11.0. The molecule has 0 amide bonds. The van der Waals surface area contributed by atoms with E-state index in [0.717, 1.165) is 0 Å². The zero-order chi connectivity index (χ0) is 25.5. The molecule has 6 rings (SSSR count). The zero-order valence-corrected chi connectivity index (χ0v) is 19.1. The second kappa shape index (κ2) is 8.69. The molecular formula is C29H16N2O6. The van der Waals surface area contributed by atoms with E-state index >= 15 is 0 Å². The maximum atomic E-state index is 12.9. The third-order valence-electron chi connectivity index (χ3n) is 6.07. The predicted octanol–water partition coefficient (Wildman–Crippen LogP) is 6.20. The van der Waals surface area contributed by atoms with Gasteiger partial charge < -0.3 is 8.83 Å². The first-order valence-electron chi connectivity index (χ1n) is 11.3. The number of rotatable bonds is 4. The summed E-state index contributed by atoms with van der Waals surface area (Å²) in [4.78, 5) is 41.2. The molecule has 37 heavy (non-hydrogen) atoms. The van der Waals surface area contributed by atoms with Crippen LogP contribution in [0.2, 0.25) is 0 Å². The van der Waals surface area contributed by atoms with Gasteiger partial charge in [-0.05, 0) is 59.7 Å². The number of hydrogen-bond donors (Lipinski definition) is 0. The van der Waals surface area contributed by atoms with Crippen LogP contribution in [0.15, 0.2) is 115 Å². The fraction of sp³-hybridized carbons (Fsp3) is 0. The van der Waals surface area contributed by atoms with Gasteiger partial charge in [-0.2, -0.15) is 0 Å². The van der Waals surface area contributed by atoms with Crippen LogP contribution in [0.5, 0.6) is 0 Å². The standard InChI is InChI=1S/C29H16N2O6/c32-28-22(13-18-5-1-3-7-26(18)36-28)24-15-20(17-9-11-21(12-10-17)31(34)35)16-25(30-24)23-14-19-6-2-4-8-27(19)37-29(23)33/h1-16H. The summed E-state index contributed by atoms with van der Waals surface area (Å²) in [7, 11) is 0. The third kappa shape index (κ3) is 4.06. The molecule has 3 aromatic heterocycles. The second-order valence-corrected chi connectivity index (χ2v) is 8.40. The SMILES string of the molecule is O=c1oc2ccccc2cc1-c1cc(-c2ccc([N+](=O)[O-])cc2)cc(-c2cc3ccccc3oc2=O)n1. The number of non-ortho nitro benzene ring substituents is 1. The Hall–Kier alpha value is -5.37. The smallest absolute Gasteiger partial charge is 0.345 e. The van der Waals surface area contributed by atoms with E-state index in [9.17, 15) is 19.7 Å². The van der Waals surface area contributed by atoms with Gasteiger partial charge in [0, 0.05) is 22.9 Å². The van der Waals surface area contributed by atoms with Crippen molar-refractivity contribution in [2.75, 3.05) is 0 Å². The lowest BCUT2D eigenvalue weighted by molar-refractivity contribution is -0.384. The minimum Gasteiger partial charge on any atom is -0.422 e. The highest BCUT2D eigenvalue weighted by Crippen LogP contribution is 2.31. The first kappa shape index (κ1) is 22.1. The maximum absolute atomic E-state index is 12.9. The van der Waals surface area contributed by atoms with Crippen molar-refractivity contribution in [1.82, 2.24) is 4.98 Å². The molecule has 0 saturated heterocycles. The fourth-order valence-electron chi connectivity index (χ4n) is 4.23. The molecule has 0 aliphatic rings. The van der Waals surface area contributed by atoms with Crippen LogP contribution in [0.4, 0.5) is 5.69 Å². The lowest BCUT2D eigenvalue weighted by atomic mass is 10.00. The summed E-state index contributed by atoms with van der Waals surface area (Å²) >= 11 is 0. The Bertz CT molecular complexity index is 1840. The molecule has 3 aromatic carbocycles. The molecule has 0 unspecified atom stereocenters. The van der Waals surface area contributed by atoms with Crippen LogP contribution in [0.1, 0.15) is 0 Å². The Labute approximate surface area is 208 Å². The van der Waals surface area contributed by atoms with Crippen molar-refractivity contribution < 1.29 is 13.8 Å². The van der Waals surface area contributed by atoms with Crippen molar-refractivity contribution in [2.24, 2.45) is 0 Å². The highest BCUT2D eigenvalue weighted by Gasteiger charge is 2.17. The Morgan fingerprint density at radius 3 is 1.59 bits per heavy atom. The number of aromatic nitrogens is 1. The molecule has 0 spiro atoms. The summed E-state index contributed by atoms with van der Waals surface area (Å²) in [5.74, 6) is 0. The van der Waals surface area contributed by atoms with Crippen LogP contribution in [-0.4, -0.2) is 9.91 Å². The second-order valence-electron chi connectivity index (χ2n) is 8.40. The van der Waals surface area contributed by atoms with E-state index in [1.165, 1.54) is 12.1 Å². The lowest BCUT2D eigenvalue weighted by Gasteiger charge is -2.10. The van der Waals surface area contributed by atoms with Gasteiger partial charge in [0.1, 0.15) is 11.2 Å². The number of pyridine rings is 1. The third-order valence-corrected chi connectivity index (χ3v) is 6.07. The van der Waals surface area contributed by atoms with Crippen LogP contribution in [-0.2, 0) is 0 Å². The van der Waals surface area contributed by atoms with Gasteiger partial charge in [0.05, 0.1) is 27.4 Å². The predicted molar refractivity (Wildman–Crippen MR) is 139 cm³/mol.